The molecule has 7 heteroatoms. The lowest BCUT2D eigenvalue weighted by atomic mass is 9.80. The number of hydrogen-bond donors (Lipinski definition) is 3. The van der Waals surface area contributed by atoms with E-state index < -0.39 is 5.60 Å². The molecule has 1 heterocycles. The molecule has 1 aromatic carbocycles. The molecule has 2 fully saturated rings. The second-order valence-corrected chi connectivity index (χ2v) is 7.42. The molecule has 1 unspecified atom stereocenters. The van der Waals surface area contributed by atoms with Gasteiger partial charge in [0.2, 0.25) is 0 Å². The third kappa shape index (κ3) is 4.97. The Kier molecular flexibility index (Phi) is 6.31. The first-order valence-corrected chi connectivity index (χ1v) is 9.80. The number of ether oxygens (including phenoxy) is 2. The summed E-state index contributed by atoms with van der Waals surface area (Å²) >= 11 is 0. The van der Waals surface area contributed by atoms with Gasteiger partial charge in [-0.3, -0.25) is 4.99 Å². The second-order valence-electron chi connectivity index (χ2n) is 7.42. The molecular formula is C20H32N4O3. The normalized spacial score (nSPS) is 21.6. The summed E-state index contributed by atoms with van der Waals surface area (Å²) in [5, 5.41) is 17.1. The van der Waals surface area contributed by atoms with Crippen molar-refractivity contribution in [3.63, 3.8) is 0 Å². The van der Waals surface area contributed by atoms with Crippen molar-refractivity contribution < 1.29 is 14.6 Å². The molecule has 0 aromatic heterocycles. The Bertz CT molecular complexity index is 638. The van der Waals surface area contributed by atoms with Crippen LogP contribution in [0.15, 0.2) is 23.2 Å². The van der Waals surface area contributed by atoms with E-state index in [0.29, 0.717) is 12.6 Å². The minimum Gasteiger partial charge on any atom is -0.497 e. The van der Waals surface area contributed by atoms with Gasteiger partial charge in [0.15, 0.2) is 5.96 Å². The molecule has 1 aromatic rings. The number of benzene rings is 1. The SMILES string of the molecule is CCNC(=NCC1(O)CCC1)NC1CCN(c2cc(OC)cc(OC)c2)C1. The standard InChI is InChI=1S/C20H32N4O3/c1-4-21-19(22-14-20(25)7-5-8-20)23-15-6-9-24(13-15)16-10-17(26-2)12-18(11-16)27-3/h10-12,15,25H,4-9,13-14H2,1-3H3,(H2,21,22,23). The van der Waals surface area contributed by atoms with Gasteiger partial charge in [0.1, 0.15) is 11.5 Å². The summed E-state index contributed by atoms with van der Waals surface area (Å²) in [6, 6.07) is 6.26. The summed E-state index contributed by atoms with van der Waals surface area (Å²) in [7, 11) is 3.34. The topological polar surface area (TPSA) is 78.4 Å². The van der Waals surface area contributed by atoms with Crippen molar-refractivity contribution >= 4 is 11.6 Å². The van der Waals surface area contributed by atoms with Gasteiger partial charge in [0, 0.05) is 49.6 Å². The third-order valence-corrected chi connectivity index (χ3v) is 5.39. The van der Waals surface area contributed by atoms with Crippen molar-refractivity contribution in [3.8, 4) is 11.5 Å². The van der Waals surface area contributed by atoms with Gasteiger partial charge in [0.05, 0.1) is 26.4 Å². The Morgan fingerprint density at radius 3 is 2.52 bits per heavy atom. The van der Waals surface area contributed by atoms with Gasteiger partial charge in [0.25, 0.3) is 0 Å². The third-order valence-electron chi connectivity index (χ3n) is 5.39. The lowest BCUT2D eigenvalue weighted by Crippen LogP contribution is -2.46. The molecule has 1 saturated heterocycles. The number of nitrogens with one attached hydrogen (secondary N) is 2. The van der Waals surface area contributed by atoms with Crippen LogP contribution in [0.25, 0.3) is 0 Å². The number of guanidine groups is 1. The van der Waals surface area contributed by atoms with Gasteiger partial charge >= 0.3 is 0 Å². The number of rotatable bonds is 7. The van der Waals surface area contributed by atoms with Crippen LogP contribution in [0.5, 0.6) is 11.5 Å². The van der Waals surface area contributed by atoms with Crippen LogP contribution in [0.3, 0.4) is 0 Å². The van der Waals surface area contributed by atoms with Crippen LogP contribution in [0.2, 0.25) is 0 Å². The van der Waals surface area contributed by atoms with Crippen LogP contribution in [-0.4, -0.2) is 63.1 Å². The zero-order valence-electron chi connectivity index (χ0n) is 16.6. The van der Waals surface area contributed by atoms with Crippen LogP contribution >= 0.6 is 0 Å². The van der Waals surface area contributed by atoms with E-state index in [9.17, 15) is 5.11 Å². The Morgan fingerprint density at radius 1 is 1.26 bits per heavy atom. The van der Waals surface area contributed by atoms with E-state index >= 15 is 0 Å². The van der Waals surface area contributed by atoms with E-state index in [4.69, 9.17) is 9.47 Å². The first-order chi connectivity index (χ1) is 13.0. The maximum absolute atomic E-state index is 10.3. The Labute approximate surface area is 161 Å². The maximum Gasteiger partial charge on any atom is 0.191 e. The number of hydrogen-bond acceptors (Lipinski definition) is 5. The summed E-state index contributed by atoms with van der Waals surface area (Å²) in [5.41, 5.74) is 0.502. The molecule has 3 rings (SSSR count). The fourth-order valence-electron chi connectivity index (χ4n) is 3.57. The van der Waals surface area contributed by atoms with Crippen LogP contribution in [0.4, 0.5) is 5.69 Å². The van der Waals surface area contributed by atoms with Gasteiger partial charge in [-0.1, -0.05) is 0 Å². The predicted octanol–water partition coefficient (Wildman–Crippen LogP) is 1.75. The molecule has 1 aliphatic heterocycles. The van der Waals surface area contributed by atoms with Crippen LogP contribution < -0.4 is 25.0 Å². The lowest BCUT2D eigenvalue weighted by Gasteiger charge is -2.35. The summed E-state index contributed by atoms with van der Waals surface area (Å²) in [6.07, 6.45) is 3.82. The molecule has 0 bridgehead atoms. The Morgan fingerprint density at radius 2 is 1.96 bits per heavy atom. The van der Waals surface area contributed by atoms with Crippen molar-refractivity contribution in [3.05, 3.63) is 18.2 Å². The van der Waals surface area contributed by atoms with Crippen molar-refractivity contribution in [1.29, 1.82) is 0 Å². The van der Waals surface area contributed by atoms with Gasteiger partial charge in [-0.25, -0.2) is 0 Å². The lowest BCUT2D eigenvalue weighted by molar-refractivity contribution is -0.0236. The molecule has 0 radical (unpaired) electrons. The van der Waals surface area contributed by atoms with Crippen molar-refractivity contribution in [2.75, 3.05) is 45.3 Å². The molecular weight excluding hydrogens is 344 g/mol. The fraction of sp³-hybridized carbons (Fsp3) is 0.650. The summed E-state index contributed by atoms with van der Waals surface area (Å²) in [6.45, 7) is 5.15. The molecule has 7 nitrogen and oxygen atoms in total. The van der Waals surface area contributed by atoms with Gasteiger partial charge in [-0.2, -0.15) is 0 Å². The van der Waals surface area contributed by atoms with Crippen molar-refractivity contribution in [1.82, 2.24) is 10.6 Å². The highest BCUT2D eigenvalue weighted by Crippen LogP contribution is 2.32. The highest BCUT2D eigenvalue weighted by molar-refractivity contribution is 5.80. The molecule has 27 heavy (non-hydrogen) atoms. The van der Waals surface area contributed by atoms with E-state index in [1.807, 2.05) is 18.2 Å². The average Bonchev–Trinajstić information content (AvgIpc) is 3.13. The molecule has 0 amide bonds. The maximum atomic E-state index is 10.3. The monoisotopic (exact) mass is 376 g/mol. The molecule has 1 saturated carbocycles. The summed E-state index contributed by atoms with van der Waals surface area (Å²) in [4.78, 5) is 6.93. The molecule has 1 aliphatic carbocycles. The highest BCUT2D eigenvalue weighted by atomic mass is 16.5. The number of anilines is 1. The fourth-order valence-corrected chi connectivity index (χ4v) is 3.57. The number of aliphatic imine (C=N–C) groups is 1. The number of nitrogens with zero attached hydrogens (tertiary/aromatic N) is 2. The van der Waals surface area contributed by atoms with E-state index in [1.54, 1.807) is 14.2 Å². The first-order valence-electron chi connectivity index (χ1n) is 9.80. The smallest absolute Gasteiger partial charge is 0.191 e. The quantitative estimate of drug-likeness (QED) is 0.497. The Hall–Kier alpha value is -2.15. The summed E-state index contributed by atoms with van der Waals surface area (Å²) < 4.78 is 10.8. The van der Waals surface area contributed by atoms with Crippen molar-refractivity contribution in [2.45, 2.75) is 44.2 Å². The zero-order valence-corrected chi connectivity index (χ0v) is 16.6. The molecule has 0 spiro atoms. The predicted molar refractivity (Wildman–Crippen MR) is 108 cm³/mol. The van der Waals surface area contributed by atoms with E-state index in [-0.39, 0.29) is 0 Å². The van der Waals surface area contributed by atoms with Gasteiger partial charge < -0.3 is 30.1 Å². The van der Waals surface area contributed by atoms with Gasteiger partial charge in [-0.15, -0.1) is 0 Å². The van der Waals surface area contributed by atoms with E-state index in [1.165, 1.54) is 0 Å². The molecule has 150 valence electrons. The van der Waals surface area contributed by atoms with Crippen LogP contribution in [-0.2, 0) is 0 Å². The van der Waals surface area contributed by atoms with Crippen LogP contribution in [0.1, 0.15) is 32.6 Å². The Balaban J connectivity index is 1.61. The van der Waals surface area contributed by atoms with Crippen LogP contribution in [0, 0.1) is 0 Å². The minimum atomic E-state index is -0.596. The largest absolute Gasteiger partial charge is 0.497 e. The van der Waals surface area contributed by atoms with E-state index in [2.05, 4.69) is 27.4 Å². The molecule has 3 N–H and O–H groups in total. The zero-order chi connectivity index (χ0) is 19.3. The van der Waals surface area contributed by atoms with Gasteiger partial charge in [-0.05, 0) is 32.6 Å². The summed E-state index contributed by atoms with van der Waals surface area (Å²) in [5.74, 6) is 2.38. The molecule has 2 aliphatic rings. The second kappa shape index (κ2) is 8.69. The minimum absolute atomic E-state index is 0.302. The highest BCUT2D eigenvalue weighted by Gasteiger charge is 2.34. The average molecular weight is 377 g/mol. The van der Waals surface area contributed by atoms with Crippen molar-refractivity contribution in [2.24, 2.45) is 4.99 Å². The molecule has 1 atom stereocenters. The number of aliphatic hydroxyl groups is 1. The first kappa shape index (κ1) is 19.6. The number of methoxy groups -OCH3 is 2. The van der Waals surface area contributed by atoms with E-state index in [0.717, 1.165) is 68.5 Å².